The quantitative estimate of drug-likeness (QED) is 0.333. The second kappa shape index (κ2) is 8.61. The number of aromatic carboxylic acids is 1. The van der Waals surface area contributed by atoms with Gasteiger partial charge in [0.15, 0.2) is 0 Å². The van der Waals surface area contributed by atoms with Crippen molar-refractivity contribution in [1.82, 2.24) is 5.32 Å². The zero-order valence-corrected chi connectivity index (χ0v) is 17.5. The molecule has 2 aromatic carbocycles. The summed E-state index contributed by atoms with van der Waals surface area (Å²) in [5, 5.41) is 16.4. The Morgan fingerprint density at radius 3 is 2.17 bits per heavy atom. The van der Waals surface area contributed by atoms with E-state index in [0.717, 1.165) is 18.4 Å². The Labute approximate surface area is 178 Å². The minimum atomic E-state index is -0.959. The molecule has 1 aliphatic rings. The van der Waals surface area contributed by atoms with E-state index in [1.54, 1.807) is 30.3 Å². The summed E-state index contributed by atoms with van der Waals surface area (Å²) >= 11 is 12.1. The number of amidine groups is 1. The predicted octanol–water partition coefficient (Wildman–Crippen LogP) is 5.68. The third-order valence-corrected chi connectivity index (χ3v) is 5.15. The number of rotatable bonds is 7. The molecular formula is C21H21Cl2N3O3. The molecule has 1 aliphatic carbocycles. The molecule has 1 fully saturated rings. The lowest BCUT2D eigenvalue weighted by Crippen LogP contribution is -2.41. The van der Waals surface area contributed by atoms with Gasteiger partial charge < -0.3 is 5.11 Å². The van der Waals surface area contributed by atoms with Gasteiger partial charge in [-0.25, -0.2) is 9.79 Å². The number of nitrogens with zero attached hydrogens (tertiary/aromatic N) is 2. The largest absolute Gasteiger partial charge is 0.478 e. The number of hydrogen-bond acceptors (Lipinski definition) is 4. The average molecular weight is 434 g/mol. The summed E-state index contributed by atoms with van der Waals surface area (Å²) in [6, 6.07) is 11.5. The average Bonchev–Trinajstić information content (AvgIpc) is 3.48. The van der Waals surface area contributed by atoms with Crippen LogP contribution in [0.4, 0.5) is 0 Å². The van der Waals surface area contributed by atoms with Crippen LogP contribution in [-0.4, -0.2) is 22.6 Å². The van der Waals surface area contributed by atoms with Crippen molar-refractivity contribution in [2.24, 2.45) is 16.1 Å². The number of nitrogens with one attached hydrogen (secondary N) is 1. The number of nitroso groups, excluding NO2 is 1. The number of carboxylic acid groups (broad SMARTS) is 1. The highest BCUT2D eigenvalue weighted by atomic mass is 35.5. The van der Waals surface area contributed by atoms with E-state index in [1.165, 1.54) is 0 Å². The molecule has 1 atom stereocenters. The van der Waals surface area contributed by atoms with Gasteiger partial charge >= 0.3 is 5.97 Å². The molecule has 29 heavy (non-hydrogen) atoms. The smallest absolute Gasteiger partial charge is 0.335 e. The lowest BCUT2D eigenvalue weighted by atomic mass is 9.99. The van der Waals surface area contributed by atoms with Crippen LogP contribution >= 0.6 is 23.2 Å². The van der Waals surface area contributed by atoms with E-state index >= 15 is 0 Å². The van der Waals surface area contributed by atoms with Crippen molar-refractivity contribution in [3.63, 3.8) is 0 Å². The monoisotopic (exact) mass is 433 g/mol. The van der Waals surface area contributed by atoms with E-state index in [4.69, 9.17) is 28.3 Å². The van der Waals surface area contributed by atoms with Gasteiger partial charge in [-0.1, -0.05) is 35.3 Å². The summed E-state index contributed by atoms with van der Waals surface area (Å²) in [5.74, 6) is -0.532. The Kier molecular flexibility index (Phi) is 6.36. The molecule has 0 saturated heterocycles. The molecule has 1 unspecified atom stereocenters. The van der Waals surface area contributed by atoms with Crippen LogP contribution in [0.1, 0.15) is 54.2 Å². The number of aliphatic imine (C=N–C) groups is 1. The lowest BCUT2D eigenvalue weighted by molar-refractivity contribution is 0.0697. The van der Waals surface area contributed by atoms with E-state index in [0.29, 0.717) is 21.5 Å². The molecule has 3 rings (SSSR count). The highest BCUT2D eigenvalue weighted by Gasteiger charge is 2.36. The molecule has 0 amide bonds. The number of carbonyl (C=O) groups is 1. The number of hydrogen-bond donors (Lipinski definition) is 2. The maximum Gasteiger partial charge on any atom is 0.335 e. The van der Waals surface area contributed by atoms with E-state index < -0.39 is 11.6 Å². The maximum atomic E-state index is 11.5. The van der Waals surface area contributed by atoms with Crippen LogP contribution in [0, 0.1) is 10.8 Å². The molecule has 2 N–H and O–H groups in total. The fraction of sp³-hybridized carbons (Fsp3) is 0.333. The fourth-order valence-electron chi connectivity index (χ4n) is 3.23. The zero-order valence-electron chi connectivity index (χ0n) is 16.0. The van der Waals surface area contributed by atoms with Gasteiger partial charge in [0.25, 0.3) is 0 Å². The lowest BCUT2D eigenvalue weighted by Gasteiger charge is -2.29. The Balaban J connectivity index is 1.87. The van der Waals surface area contributed by atoms with Crippen LogP contribution < -0.4 is 5.32 Å². The molecule has 152 valence electrons. The third-order valence-electron chi connectivity index (χ3n) is 4.71. The van der Waals surface area contributed by atoms with Crippen LogP contribution in [0.3, 0.4) is 0 Å². The number of carboxylic acids is 1. The summed E-state index contributed by atoms with van der Waals surface area (Å²) < 4.78 is 0. The van der Waals surface area contributed by atoms with E-state index in [9.17, 15) is 9.70 Å². The normalized spacial score (nSPS) is 15.8. The van der Waals surface area contributed by atoms with Crippen molar-refractivity contribution in [3.8, 4) is 0 Å². The molecule has 8 heteroatoms. The molecule has 0 aromatic heterocycles. The number of halogens is 2. The first-order valence-electron chi connectivity index (χ1n) is 9.19. The summed E-state index contributed by atoms with van der Waals surface area (Å²) in [7, 11) is 0. The van der Waals surface area contributed by atoms with Crippen molar-refractivity contribution in [1.29, 1.82) is 0 Å². The van der Waals surface area contributed by atoms with Gasteiger partial charge in [-0.3, -0.25) is 5.32 Å². The van der Waals surface area contributed by atoms with Crippen molar-refractivity contribution >= 4 is 35.0 Å². The van der Waals surface area contributed by atoms with Crippen LogP contribution in [-0.2, 0) is 0 Å². The minimum Gasteiger partial charge on any atom is -0.478 e. The minimum absolute atomic E-state index is 0.00247. The van der Waals surface area contributed by atoms with Gasteiger partial charge in [-0.05, 0) is 73.7 Å². The van der Waals surface area contributed by atoms with Gasteiger partial charge in [0.2, 0.25) is 5.84 Å². The van der Waals surface area contributed by atoms with E-state index in [1.807, 2.05) is 26.0 Å². The van der Waals surface area contributed by atoms with Gasteiger partial charge in [0, 0.05) is 21.7 Å². The first-order chi connectivity index (χ1) is 13.7. The Morgan fingerprint density at radius 2 is 1.69 bits per heavy atom. The van der Waals surface area contributed by atoms with Crippen molar-refractivity contribution in [2.45, 2.75) is 38.4 Å². The molecular weight excluding hydrogens is 413 g/mol. The first-order valence-corrected chi connectivity index (χ1v) is 9.95. The van der Waals surface area contributed by atoms with Gasteiger partial charge in [-0.15, -0.1) is 4.91 Å². The predicted molar refractivity (Wildman–Crippen MR) is 115 cm³/mol. The van der Waals surface area contributed by atoms with Gasteiger partial charge in [0.1, 0.15) is 5.66 Å². The number of benzene rings is 2. The van der Waals surface area contributed by atoms with Crippen LogP contribution in [0.5, 0.6) is 0 Å². The van der Waals surface area contributed by atoms with E-state index in [2.05, 4.69) is 15.5 Å². The Hall–Kier alpha value is -2.28. The fourth-order valence-corrected chi connectivity index (χ4v) is 3.76. The molecule has 6 nitrogen and oxygen atoms in total. The van der Waals surface area contributed by atoms with Crippen LogP contribution in [0.2, 0.25) is 10.0 Å². The molecule has 0 bridgehead atoms. The molecule has 0 aliphatic heterocycles. The Morgan fingerprint density at radius 1 is 1.10 bits per heavy atom. The summed E-state index contributed by atoms with van der Waals surface area (Å²) in [6.07, 6.45) is 2.14. The summed E-state index contributed by atoms with van der Waals surface area (Å²) in [6.45, 7) is 3.71. The topological polar surface area (TPSA) is 91.1 Å². The molecule has 0 heterocycles. The molecule has 0 spiro atoms. The summed E-state index contributed by atoms with van der Waals surface area (Å²) in [5.41, 5.74) is 0.857. The Bertz CT molecular complexity index is 934. The van der Waals surface area contributed by atoms with Gasteiger partial charge in [-0.2, -0.15) is 0 Å². The molecule has 2 aromatic rings. The van der Waals surface area contributed by atoms with Crippen LogP contribution in [0.15, 0.2) is 52.6 Å². The van der Waals surface area contributed by atoms with Crippen molar-refractivity contribution in [2.75, 3.05) is 0 Å². The van der Waals surface area contributed by atoms with Crippen molar-refractivity contribution < 1.29 is 9.90 Å². The van der Waals surface area contributed by atoms with Gasteiger partial charge in [0.05, 0.1) is 5.56 Å². The second-order valence-corrected chi connectivity index (χ2v) is 8.50. The van der Waals surface area contributed by atoms with Crippen molar-refractivity contribution in [3.05, 3.63) is 74.1 Å². The zero-order chi connectivity index (χ0) is 21.2. The molecule has 1 saturated carbocycles. The maximum absolute atomic E-state index is 11.5. The SMILES string of the molecule is CC(C)(/N=C(\N=O)c1cc(Cl)cc(Cl)c1)NC(c1ccc(C(=O)O)cc1)C1CC1. The third kappa shape index (κ3) is 5.63. The van der Waals surface area contributed by atoms with Crippen LogP contribution in [0.25, 0.3) is 0 Å². The molecule has 0 radical (unpaired) electrons. The highest BCUT2D eigenvalue weighted by Crippen LogP contribution is 2.42. The summed E-state index contributed by atoms with van der Waals surface area (Å²) in [4.78, 5) is 27.1. The second-order valence-electron chi connectivity index (χ2n) is 7.63. The highest BCUT2D eigenvalue weighted by molar-refractivity contribution is 6.35. The first kappa shape index (κ1) is 21.4. The van der Waals surface area contributed by atoms with E-state index in [-0.39, 0.29) is 17.4 Å². The standard InChI is InChI=1S/C21H21Cl2N3O3/c1-21(2,25-19(26-29)15-9-16(22)11-17(23)10-15)24-18(12-3-4-12)13-5-7-14(8-6-13)20(27)28/h5-12,18,24H,3-4H2,1-2H3,(H,27,28)/b25-19-.